The van der Waals surface area contributed by atoms with Crippen molar-refractivity contribution in [1.82, 2.24) is 19.8 Å². The molecule has 9 heteroatoms. The predicted octanol–water partition coefficient (Wildman–Crippen LogP) is 5.42. The molecule has 0 saturated carbocycles. The van der Waals surface area contributed by atoms with E-state index in [0.717, 1.165) is 54.3 Å². The first-order valence-electron chi connectivity index (χ1n) is 12.8. The minimum Gasteiger partial charge on any atom is -0.336 e. The van der Waals surface area contributed by atoms with E-state index in [1.165, 1.54) is 12.1 Å². The maximum atomic E-state index is 14.0. The molecule has 0 unspecified atom stereocenters. The summed E-state index contributed by atoms with van der Waals surface area (Å²) in [5.74, 6) is 0.130. The molecular weight excluding hydrogens is 515 g/mol. The Morgan fingerprint density at radius 3 is 2.54 bits per heavy atom. The maximum absolute atomic E-state index is 14.0. The molecule has 0 radical (unpaired) electrons. The van der Waals surface area contributed by atoms with Crippen LogP contribution in [-0.4, -0.2) is 64.6 Å². The number of nitrogens with zero attached hydrogens (tertiary/aromatic N) is 5. The van der Waals surface area contributed by atoms with Crippen LogP contribution >= 0.6 is 11.6 Å². The van der Waals surface area contributed by atoms with Gasteiger partial charge in [-0.15, -0.1) is 0 Å². The first kappa shape index (κ1) is 25.2. The molecule has 0 bridgehead atoms. The van der Waals surface area contributed by atoms with Crippen molar-refractivity contribution in [2.75, 3.05) is 38.5 Å². The second-order valence-electron chi connectivity index (χ2n) is 9.73. The van der Waals surface area contributed by atoms with E-state index in [9.17, 15) is 9.18 Å². The van der Waals surface area contributed by atoms with Crippen LogP contribution in [0.1, 0.15) is 27.0 Å². The van der Waals surface area contributed by atoms with Crippen LogP contribution in [0.5, 0.6) is 0 Å². The van der Waals surface area contributed by atoms with Gasteiger partial charge in [-0.3, -0.25) is 9.79 Å². The van der Waals surface area contributed by atoms with Crippen LogP contribution in [-0.2, 0) is 6.54 Å². The minimum atomic E-state index is -0.330. The number of carbonyl (C=O) groups is 1. The van der Waals surface area contributed by atoms with Crippen LogP contribution in [0.3, 0.4) is 0 Å². The van der Waals surface area contributed by atoms with E-state index in [4.69, 9.17) is 21.6 Å². The van der Waals surface area contributed by atoms with Crippen molar-refractivity contribution in [2.24, 2.45) is 4.99 Å². The van der Waals surface area contributed by atoms with Gasteiger partial charge in [0.2, 0.25) is 5.95 Å². The minimum absolute atomic E-state index is 0.0419. The van der Waals surface area contributed by atoms with Gasteiger partial charge in [0.1, 0.15) is 5.82 Å². The topological polar surface area (TPSA) is 73.7 Å². The molecule has 1 fully saturated rings. The smallest absolute Gasteiger partial charge is 0.253 e. The van der Waals surface area contributed by atoms with Gasteiger partial charge in [0, 0.05) is 70.9 Å². The van der Waals surface area contributed by atoms with Crippen LogP contribution in [0, 0.1) is 5.82 Å². The lowest BCUT2D eigenvalue weighted by Gasteiger charge is -2.32. The van der Waals surface area contributed by atoms with Crippen LogP contribution in [0.15, 0.2) is 77.9 Å². The van der Waals surface area contributed by atoms with Gasteiger partial charge >= 0.3 is 0 Å². The molecule has 196 valence electrons. The zero-order valence-electron chi connectivity index (χ0n) is 21.4. The van der Waals surface area contributed by atoms with E-state index in [0.29, 0.717) is 34.4 Å². The number of piperazine rings is 1. The van der Waals surface area contributed by atoms with E-state index in [1.807, 2.05) is 53.4 Å². The fourth-order valence-corrected chi connectivity index (χ4v) is 5.06. The number of amides is 1. The summed E-state index contributed by atoms with van der Waals surface area (Å²) in [6.07, 6.45) is 1.76. The number of fused-ring (bicyclic) bond motifs is 3. The highest BCUT2D eigenvalue weighted by atomic mass is 35.5. The second kappa shape index (κ2) is 10.6. The first-order chi connectivity index (χ1) is 18.9. The summed E-state index contributed by atoms with van der Waals surface area (Å²) in [5, 5.41) is 3.81. The highest BCUT2D eigenvalue weighted by Gasteiger charge is 2.23. The van der Waals surface area contributed by atoms with Gasteiger partial charge < -0.3 is 15.1 Å². The number of benzene rings is 3. The molecule has 4 aromatic rings. The Bertz CT molecular complexity index is 1580. The molecule has 3 aromatic carbocycles. The third kappa shape index (κ3) is 5.26. The molecule has 1 saturated heterocycles. The highest BCUT2D eigenvalue weighted by molar-refractivity contribution is 6.31. The largest absolute Gasteiger partial charge is 0.336 e. The van der Waals surface area contributed by atoms with Crippen molar-refractivity contribution >= 4 is 34.9 Å². The summed E-state index contributed by atoms with van der Waals surface area (Å²) >= 11 is 6.37. The Morgan fingerprint density at radius 2 is 1.77 bits per heavy atom. The van der Waals surface area contributed by atoms with E-state index < -0.39 is 0 Å². The number of rotatable bonds is 4. The Morgan fingerprint density at radius 1 is 0.974 bits per heavy atom. The van der Waals surface area contributed by atoms with Crippen molar-refractivity contribution in [3.63, 3.8) is 0 Å². The van der Waals surface area contributed by atoms with Gasteiger partial charge in [-0.2, -0.15) is 0 Å². The van der Waals surface area contributed by atoms with Gasteiger partial charge in [0.25, 0.3) is 5.91 Å². The summed E-state index contributed by atoms with van der Waals surface area (Å²) < 4.78 is 14.0. The van der Waals surface area contributed by atoms with Crippen LogP contribution in [0.25, 0.3) is 11.3 Å². The maximum Gasteiger partial charge on any atom is 0.253 e. The summed E-state index contributed by atoms with van der Waals surface area (Å²) in [7, 11) is 2.07. The zero-order valence-corrected chi connectivity index (χ0v) is 22.1. The quantitative estimate of drug-likeness (QED) is 0.374. The first-order valence-corrected chi connectivity index (χ1v) is 13.1. The summed E-state index contributed by atoms with van der Waals surface area (Å²) in [6, 6.07) is 19.3. The number of hydrogen-bond acceptors (Lipinski definition) is 6. The lowest BCUT2D eigenvalue weighted by molar-refractivity contribution is 0.0664. The number of nitrogens with one attached hydrogen (secondary N) is 1. The van der Waals surface area contributed by atoms with Crippen LogP contribution in [0.2, 0.25) is 5.02 Å². The Balaban J connectivity index is 1.27. The van der Waals surface area contributed by atoms with Crippen LogP contribution in [0.4, 0.5) is 16.0 Å². The number of halogens is 2. The fraction of sp³-hybridized carbons (Fsp3) is 0.200. The van der Waals surface area contributed by atoms with Gasteiger partial charge in [-0.25, -0.2) is 14.4 Å². The zero-order chi connectivity index (χ0) is 26.9. The number of hydrogen-bond donors (Lipinski definition) is 1. The van der Waals surface area contributed by atoms with Gasteiger partial charge in [-0.1, -0.05) is 29.8 Å². The molecule has 6 rings (SSSR count). The standard InChI is InChI=1S/C30H26ClFN6O/c1-37-11-13-38(14-12-37)29(39)19-5-8-24(9-6-19)35-30-34-18-21-17-33-27(20-3-2-4-23(32)15-20)26-16-22(31)7-10-25(26)28(21)36-30/h2-10,15-16,18H,11-14,17H2,1H3,(H,34,35,36). The average Bonchev–Trinajstić information content (AvgIpc) is 3.10. The highest BCUT2D eigenvalue weighted by Crippen LogP contribution is 2.34. The molecule has 2 aliphatic heterocycles. The third-order valence-corrected chi connectivity index (χ3v) is 7.28. The Labute approximate surface area is 231 Å². The molecule has 7 nitrogen and oxygen atoms in total. The molecule has 3 heterocycles. The Kier molecular flexibility index (Phi) is 6.81. The molecule has 2 aliphatic rings. The molecule has 1 amide bonds. The predicted molar refractivity (Wildman–Crippen MR) is 151 cm³/mol. The molecule has 0 aliphatic carbocycles. The monoisotopic (exact) mass is 540 g/mol. The van der Waals surface area contributed by atoms with Crippen molar-refractivity contribution in [2.45, 2.75) is 6.54 Å². The average molecular weight is 541 g/mol. The number of aliphatic imine (C=N–C) groups is 1. The number of aromatic nitrogens is 2. The van der Waals surface area contributed by atoms with Gasteiger partial charge in [-0.05, 0) is 55.6 Å². The summed E-state index contributed by atoms with van der Waals surface area (Å²) in [6.45, 7) is 3.57. The second-order valence-corrected chi connectivity index (χ2v) is 10.2. The summed E-state index contributed by atoms with van der Waals surface area (Å²) in [5.41, 5.74) is 5.95. The number of carbonyl (C=O) groups excluding carboxylic acids is 1. The Hall–Kier alpha value is -4.14. The molecule has 1 N–H and O–H groups in total. The lowest BCUT2D eigenvalue weighted by Crippen LogP contribution is -2.47. The molecule has 1 aromatic heterocycles. The number of likely N-dealkylation sites (N-methyl/N-ethyl adjacent to an activating group) is 1. The van der Waals surface area contributed by atoms with E-state index in [2.05, 4.69) is 22.2 Å². The van der Waals surface area contributed by atoms with Gasteiger partial charge in [0.05, 0.1) is 18.0 Å². The SMILES string of the molecule is CN1CCN(C(=O)c2ccc(Nc3ncc4c(n3)-c3ccc(Cl)cc3C(c3cccc(F)c3)=NC4)cc2)CC1. The molecule has 0 spiro atoms. The van der Waals surface area contributed by atoms with Gasteiger partial charge in [0.15, 0.2) is 0 Å². The van der Waals surface area contributed by atoms with Crippen molar-refractivity contribution < 1.29 is 9.18 Å². The lowest BCUT2D eigenvalue weighted by atomic mass is 9.95. The van der Waals surface area contributed by atoms with Crippen molar-refractivity contribution in [1.29, 1.82) is 0 Å². The van der Waals surface area contributed by atoms with E-state index in [-0.39, 0.29) is 11.7 Å². The molecule has 0 atom stereocenters. The van der Waals surface area contributed by atoms with E-state index >= 15 is 0 Å². The van der Waals surface area contributed by atoms with Crippen molar-refractivity contribution in [3.8, 4) is 11.3 Å². The fourth-order valence-electron chi connectivity index (χ4n) is 4.88. The summed E-state index contributed by atoms with van der Waals surface area (Å²) in [4.78, 5) is 31.1. The van der Waals surface area contributed by atoms with Crippen LogP contribution < -0.4 is 5.32 Å². The normalized spacial score (nSPS) is 15.2. The molecular formula is C30H26ClFN6O. The molecule has 39 heavy (non-hydrogen) atoms. The van der Waals surface area contributed by atoms with Crippen molar-refractivity contribution in [3.05, 3.63) is 106 Å². The third-order valence-electron chi connectivity index (χ3n) is 7.04. The number of anilines is 2. The van der Waals surface area contributed by atoms with E-state index in [1.54, 1.807) is 12.3 Å².